The molecule has 3 rings (SSSR count). The van der Waals surface area contributed by atoms with Gasteiger partial charge in [-0.2, -0.15) is 0 Å². The lowest BCUT2D eigenvalue weighted by atomic mass is 10.3. The minimum absolute atomic E-state index is 0.0583. The summed E-state index contributed by atoms with van der Waals surface area (Å²) in [7, 11) is -7.64. The van der Waals surface area contributed by atoms with Gasteiger partial charge in [0.15, 0.2) is 0 Å². The lowest BCUT2D eigenvalue weighted by Crippen LogP contribution is -2.32. The predicted molar refractivity (Wildman–Crippen MR) is 94.1 cm³/mol. The van der Waals surface area contributed by atoms with Gasteiger partial charge in [-0.25, -0.2) is 21.6 Å². The smallest absolute Gasteiger partial charge is 0.261 e. The van der Waals surface area contributed by atoms with E-state index in [0.29, 0.717) is 5.69 Å². The van der Waals surface area contributed by atoms with Crippen LogP contribution in [0.25, 0.3) is 0 Å². The van der Waals surface area contributed by atoms with Crippen molar-refractivity contribution in [1.82, 2.24) is 9.71 Å². The van der Waals surface area contributed by atoms with Gasteiger partial charge in [0.25, 0.3) is 10.0 Å². The van der Waals surface area contributed by atoms with E-state index in [-0.39, 0.29) is 15.8 Å². The van der Waals surface area contributed by atoms with E-state index in [9.17, 15) is 16.8 Å². The lowest BCUT2D eigenvalue weighted by molar-refractivity contribution is 0.552. The number of anilines is 1. The molecule has 0 atom stereocenters. The van der Waals surface area contributed by atoms with E-state index in [1.165, 1.54) is 48.8 Å². The van der Waals surface area contributed by atoms with Crippen LogP contribution in [0.2, 0.25) is 0 Å². The van der Waals surface area contributed by atoms with Crippen LogP contribution in [0.15, 0.2) is 58.6 Å². The monoisotopic (exact) mass is 381 g/mol. The summed E-state index contributed by atoms with van der Waals surface area (Å²) >= 11 is 0. The molecule has 0 saturated heterocycles. The van der Waals surface area contributed by atoms with Crippen LogP contribution in [-0.4, -0.2) is 27.9 Å². The van der Waals surface area contributed by atoms with E-state index in [2.05, 4.69) is 14.4 Å². The number of rotatable bonds is 6. The first-order valence-electron chi connectivity index (χ1n) is 7.92. The quantitative estimate of drug-likeness (QED) is 0.797. The number of nitrogens with one attached hydrogen (secondary N) is 2. The number of benzene rings is 1. The molecule has 1 aliphatic rings. The molecule has 0 unspecified atom stereocenters. The molecular weight excluding hydrogens is 362 g/mol. The van der Waals surface area contributed by atoms with Crippen LogP contribution in [0, 0.1) is 0 Å². The Hall–Kier alpha value is -1.97. The summed E-state index contributed by atoms with van der Waals surface area (Å²) in [6.45, 7) is 0. The third-order valence-corrected chi connectivity index (χ3v) is 6.93. The van der Waals surface area contributed by atoms with E-state index in [1.54, 1.807) is 0 Å². The van der Waals surface area contributed by atoms with Crippen molar-refractivity contribution in [2.45, 2.75) is 41.5 Å². The standard InChI is InChI=1S/C16H19N3O4S2/c20-24(21,18-13-4-1-2-5-13)15-6-3-7-16(12-15)25(22,23)19-14-8-10-17-11-9-14/h3,6-13,18H,1-2,4-5H2,(H,17,19). The number of hydrogen-bond acceptors (Lipinski definition) is 5. The molecule has 2 aromatic rings. The third-order valence-electron chi connectivity index (χ3n) is 4.04. The van der Waals surface area contributed by atoms with Crippen molar-refractivity contribution >= 4 is 25.7 Å². The van der Waals surface area contributed by atoms with Gasteiger partial charge in [-0.3, -0.25) is 9.71 Å². The highest BCUT2D eigenvalue weighted by atomic mass is 32.2. The molecule has 1 aromatic carbocycles. The molecule has 1 saturated carbocycles. The molecule has 1 heterocycles. The number of aromatic nitrogens is 1. The maximum absolute atomic E-state index is 12.5. The van der Waals surface area contributed by atoms with Gasteiger partial charge in [0.05, 0.1) is 15.5 Å². The molecule has 0 spiro atoms. The summed E-state index contributed by atoms with van der Waals surface area (Å²) in [5.41, 5.74) is 0.354. The van der Waals surface area contributed by atoms with Gasteiger partial charge < -0.3 is 0 Å². The zero-order valence-corrected chi connectivity index (χ0v) is 15.1. The van der Waals surface area contributed by atoms with E-state index >= 15 is 0 Å². The normalized spacial score (nSPS) is 16.0. The summed E-state index contributed by atoms with van der Waals surface area (Å²) < 4.78 is 55.0. The Bertz CT molecular complexity index is 938. The van der Waals surface area contributed by atoms with Crippen LogP contribution in [0.5, 0.6) is 0 Å². The molecule has 1 aliphatic carbocycles. The van der Waals surface area contributed by atoms with Crippen LogP contribution in [0.3, 0.4) is 0 Å². The fourth-order valence-electron chi connectivity index (χ4n) is 2.77. The first-order chi connectivity index (χ1) is 11.9. The summed E-state index contributed by atoms with van der Waals surface area (Å²) in [5, 5.41) is 0. The van der Waals surface area contributed by atoms with Crippen molar-refractivity contribution in [2.75, 3.05) is 4.72 Å². The highest BCUT2D eigenvalue weighted by molar-refractivity contribution is 7.93. The Morgan fingerprint density at radius 1 is 0.880 bits per heavy atom. The first-order valence-corrected chi connectivity index (χ1v) is 10.9. The second kappa shape index (κ2) is 7.11. The maximum Gasteiger partial charge on any atom is 0.261 e. The highest BCUT2D eigenvalue weighted by Gasteiger charge is 2.24. The molecular formula is C16H19N3O4S2. The van der Waals surface area contributed by atoms with Crippen LogP contribution in [0.1, 0.15) is 25.7 Å². The summed E-state index contributed by atoms with van der Waals surface area (Å²) in [6.07, 6.45) is 6.53. The van der Waals surface area contributed by atoms with Gasteiger partial charge in [-0.15, -0.1) is 0 Å². The largest absolute Gasteiger partial charge is 0.280 e. The summed E-state index contributed by atoms with van der Waals surface area (Å²) in [6, 6.07) is 8.28. The van der Waals surface area contributed by atoms with Crippen molar-refractivity contribution in [3.8, 4) is 0 Å². The highest BCUT2D eigenvalue weighted by Crippen LogP contribution is 2.22. The van der Waals surface area contributed by atoms with Crippen LogP contribution in [0.4, 0.5) is 5.69 Å². The topological polar surface area (TPSA) is 105 Å². The van der Waals surface area contributed by atoms with Gasteiger partial charge in [-0.1, -0.05) is 18.9 Å². The number of sulfonamides is 2. The van der Waals surface area contributed by atoms with Crippen LogP contribution >= 0.6 is 0 Å². The van der Waals surface area contributed by atoms with Crippen molar-refractivity contribution in [3.63, 3.8) is 0 Å². The molecule has 0 radical (unpaired) electrons. The SMILES string of the molecule is O=S(=O)(Nc1ccncc1)c1cccc(S(=O)(=O)NC2CCCC2)c1. The molecule has 9 heteroatoms. The van der Waals surface area contributed by atoms with Gasteiger partial charge in [-0.05, 0) is 43.2 Å². The molecule has 134 valence electrons. The van der Waals surface area contributed by atoms with Crippen LogP contribution in [-0.2, 0) is 20.0 Å². The number of hydrogen-bond donors (Lipinski definition) is 2. The minimum atomic E-state index is -3.89. The average molecular weight is 381 g/mol. The van der Waals surface area contributed by atoms with Crippen molar-refractivity contribution < 1.29 is 16.8 Å². The summed E-state index contributed by atoms with van der Waals surface area (Å²) in [5.74, 6) is 0. The fourth-order valence-corrected chi connectivity index (χ4v) is 5.30. The van der Waals surface area contributed by atoms with E-state index in [0.717, 1.165) is 25.7 Å². The lowest BCUT2D eigenvalue weighted by Gasteiger charge is -2.13. The maximum atomic E-state index is 12.5. The zero-order chi connectivity index (χ0) is 17.9. The van der Waals surface area contributed by atoms with Gasteiger partial charge in [0.1, 0.15) is 0 Å². The number of pyridine rings is 1. The van der Waals surface area contributed by atoms with Crippen molar-refractivity contribution in [2.24, 2.45) is 0 Å². The van der Waals surface area contributed by atoms with Crippen LogP contribution < -0.4 is 9.44 Å². The van der Waals surface area contributed by atoms with Gasteiger partial charge in [0, 0.05) is 18.4 Å². The molecule has 1 aromatic heterocycles. The molecule has 7 nitrogen and oxygen atoms in total. The number of nitrogens with zero attached hydrogens (tertiary/aromatic N) is 1. The predicted octanol–water partition coefficient (Wildman–Crippen LogP) is 2.10. The minimum Gasteiger partial charge on any atom is -0.280 e. The molecule has 0 aliphatic heterocycles. The van der Waals surface area contributed by atoms with Gasteiger partial charge >= 0.3 is 0 Å². The fraction of sp³-hybridized carbons (Fsp3) is 0.312. The second-order valence-corrected chi connectivity index (χ2v) is 9.32. The summed E-state index contributed by atoms with van der Waals surface area (Å²) in [4.78, 5) is 3.65. The van der Waals surface area contributed by atoms with Gasteiger partial charge in [0.2, 0.25) is 10.0 Å². The molecule has 0 amide bonds. The molecule has 1 fully saturated rings. The van der Waals surface area contributed by atoms with Crippen molar-refractivity contribution in [1.29, 1.82) is 0 Å². The first kappa shape index (κ1) is 17.8. The Labute approximate surface area is 147 Å². The second-order valence-electron chi connectivity index (χ2n) is 5.92. The molecule has 2 N–H and O–H groups in total. The Morgan fingerprint density at radius 3 is 2.12 bits per heavy atom. The Kier molecular flexibility index (Phi) is 5.07. The average Bonchev–Trinajstić information content (AvgIpc) is 3.08. The molecule has 25 heavy (non-hydrogen) atoms. The zero-order valence-electron chi connectivity index (χ0n) is 13.4. The van der Waals surface area contributed by atoms with E-state index in [1.807, 2.05) is 0 Å². The molecule has 0 bridgehead atoms. The van der Waals surface area contributed by atoms with E-state index in [4.69, 9.17) is 0 Å². The Morgan fingerprint density at radius 2 is 1.48 bits per heavy atom. The Balaban J connectivity index is 1.85. The van der Waals surface area contributed by atoms with E-state index < -0.39 is 20.0 Å². The third kappa shape index (κ3) is 4.36. The van der Waals surface area contributed by atoms with Crippen molar-refractivity contribution in [3.05, 3.63) is 48.8 Å².